The van der Waals surface area contributed by atoms with Crippen LogP contribution in [0.3, 0.4) is 0 Å². The fourth-order valence-corrected chi connectivity index (χ4v) is 8.00. The highest BCUT2D eigenvalue weighted by Crippen LogP contribution is 2.44. The van der Waals surface area contributed by atoms with Crippen LogP contribution in [0, 0.1) is 0 Å². The first-order valence-corrected chi connectivity index (χ1v) is 16.6. The summed E-state index contributed by atoms with van der Waals surface area (Å²) in [6, 6.07) is 56.1. The van der Waals surface area contributed by atoms with Crippen LogP contribution in [0.1, 0.15) is 0 Å². The summed E-state index contributed by atoms with van der Waals surface area (Å²) < 4.78 is 2.24. The van der Waals surface area contributed by atoms with Gasteiger partial charge in [-0.3, -0.25) is 4.57 Å². The maximum atomic E-state index is 5.32. The Labute approximate surface area is 280 Å². The molecule has 0 radical (unpaired) electrons. The van der Waals surface area contributed by atoms with E-state index in [4.69, 9.17) is 15.0 Å². The van der Waals surface area contributed by atoms with Gasteiger partial charge in [-0.1, -0.05) is 133 Å². The Balaban J connectivity index is 1.28. The minimum absolute atomic E-state index is 0.603. The van der Waals surface area contributed by atoms with E-state index in [9.17, 15) is 0 Å². The molecule has 0 aliphatic heterocycles. The Morgan fingerprint density at radius 2 is 0.735 bits per heavy atom. The molecule has 11 aromatic rings. The highest BCUT2D eigenvalue weighted by atomic mass is 15.2. The average molecular weight is 623 g/mol. The van der Waals surface area contributed by atoms with Crippen LogP contribution >= 0.6 is 0 Å². The molecule has 226 valence electrons. The summed E-state index contributed by atoms with van der Waals surface area (Å²) in [6.07, 6.45) is 0. The van der Waals surface area contributed by atoms with Gasteiger partial charge in [0.25, 0.3) is 0 Å². The van der Waals surface area contributed by atoms with Gasteiger partial charge in [0.2, 0.25) is 5.95 Å². The van der Waals surface area contributed by atoms with E-state index in [1.54, 1.807) is 0 Å². The number of hydrogen-bond acceptors (Lipinski definition) is 3. The zero-order chi connectivity index (χ0) is 32.1. The van der Waals surface area contributed by atoms with Gasteiger partial charge < -0.3 is 0 Å². The molecular formula is C45H26N4. The van der Waals surface area contributed by atoms with Crippen molar-refractivity contribution in [2.75, 3.05) is 0 Å². The van der Waals surface area contributed by atoms with E-state index in [0.717, 1.165) is 43.7 Å². The molecule has 2 aromatic heterocycles. The fourth-order valence-electron chi connectivity index (χ4n) is 8.00. The van der Waals surface area contributed by atoms with Gasteiger partial charge in [-0.2, -0.15) is 9.97 Å². The molecule has 11 rings (SSSR count). The van der Waals surface area contributed by atoms with Gasteiger partial charge >= 0.3 is 0 Å². The summed E-state index contributed by atoms with van der Waals surface area (Å²) in [4.78, 5) is 15.9. The van der Waals surface area contributed by atoms with Crippen molar-refractivity contribution >= 4 is 75.7 Å². The van der Waals surface area contributed by atoms with E-state index >= 15 is 0 Å². The fraction of sp³-hybridized carbons (Fsp3) is 0. The summed E-state index contributed by atoms with van der Waals surface area (Å²) in [7, 11) is 0. The van der Waals surface area contributed by atoms with Crippen LogP contribution in [-0.4, -0.2) is 19.5 Å². The first-order chi connectivity index (χ1) is 24.3. The molecule has 0 unspecified atom stereocenters. The van der Waals surface area contributed by atoms with Gasteiger partial charge in [0, 0.05) is 21.9 Å². The van der Waals surface area contributed by atoms with Crippen molar-refractivity contribution in [2.45, 2.75) is 0 Å². The molecule has 49 heavy (non-hydrogen) atoms. The van der Waals surface area contributed by atoms with E-state index in [0.29, 0.717) is 17.6 Å². The van der Waals surface area contributed by atoms with E-state index in [1.165, 1.54) is 43.1 Å². The molecule has 0 aliphatic carbocycles. The lowest BCUT2D eigenvalue weighted by atomic mass is 9.92. The lowest BCUT2D eigenvalue weighted by Gasteiger charge is -2.13. The van der Waals surface area contributed by atoms with Gasteiger partial charge in [0.15, 0.2) is 11.6 Å². The molecule has 0 saturated carbocycles. The summed E-state index contributed by atoms with van der Waals surface area (Å²) in [5.41, 5.74) is 4.12. The van der Waals surface area contributed by atoms with E-state index in [2.05, 4.69) is 162 Å². The average Bonchev–Trinajstić information content (AvgIpc) is 3.51. The van der Waals surface area contributed by atoms with Gasteiger partial charge in [0.1, 0.15) is 0 Å². The van der Waals surface area contributed by atoms with Crippen LogP contribution in [-0.2, 0) is 0 Å². The van der Waals surface area contributed by atoms with Gasteiger partial charge in [0.05, 0.1) is 11.0 Å². The molecule has 0 fully saturated rings. The highest BCUT2D eigenvalue weighted by molar-refractivity contribution is 6.35. The molecule has 9 aromatic carbocycles. The van der Waals surface area contributed by atoms with E-state index in [1.807, 2.05) is 0 Å². The quantitative estimate of drug-likeness (QED) is 0.145. The zero-order valence-electron chi connectivity index (χ0n) is 26.3. The minimum atomic E-state index is 0.603. The second-order valence-corrected chi connectivity index (χ2v) is 12.8. The maximum absolute atomic E-state index is 5.32. The van der Waals surface area contributed by atoms with Crippen molar-refractivity contribution in [1.29, 1.82) is 0 Å². The summed E-state index contributed by atoms with van der Waals surface area (Å²) >= 11 is 0. The van der Waals surface area contributed by atoms with Gasteiger partial charge in [-0.25, -0.2) is 4.98 Å². The predicted molar refractivity (Wildman–Crippen MR) is 204 cm³/mol. The van der Waals surface area contributed by atoms with Crippen molar-refractivity contribution in [3.63, 3.8) is 0 Å². The van der Waals surface area contributed by atoms with Gasteiger partial charge in [-0.15, -0.1) is 0 Å². The van der Waals surface area contributed by atoms with Gasteiger partial charge in [-0.05, 0) is 78.1 Å². The lowest BCUT2D eigenvalue weighted by molar-refractivity contribution is 0.955. The highest BCUT2D eigenvalue weighted by Gasteiger charge is 2.23. The SMILES string of the molecule is c1ccc2cc3c(cc2c1)c1cccc2c1c1c3cccc1n2-c1nc(-c2cccc3ccccc23)nc(-c2cccc3ccccc23)n1. The van der Waals surface area contributed by atoms with Crippen LogP contribution in [0.15, 0.2) is 158 Å². The summed E-state index contributed by atoms with van der Waals surface area (Å²) in [5, 5.41) is 14.4. The van der Waals surface area contributed by atoms with Crippen molar-refractivity contribution in [2.24, 2.45) is 0 Å². The van der Waals surface area contributed by atoms with Crippen molar-refractivity contribution in [3.8, 4) is 28.7 Å². The zero-order valence-corrected chi connectivity index (χ0v) is 26.3. The second-order valence-electron chi connectivity index (χ2n) is 12.8. The first kappa shape index (κ1) is 26.4. The number of aromatic nitrogens is 4. The molecule has 0 amide bonds. The first-order valence-electron chi connectivity index (χ1n) is 16.6. The number of hydrogen-bond donors (Lipinski definition) is 0. The Morgan fingerprint density at radius 3 is 1.24 bits per heavy atom. The van der Waals surface area contributed by atoms with Crippen LogP contribution in [0.5, 0.6) is 0 Å². The Bertz CT molecular complexity index is 2900. The molecule has 0 bridgehead atoms. The number of nitrogens with zero attached hydrogens (tertiary/aromatic N) is 4. The van der Waals surface area contributed by atoms with E-state index < -0.39 is 0 Å². The third-order valence-corrected chi connectivity index (χ3v) is 10.2. The normalized spacial score (nSPS) is 12.1. The molecule has 4 heteroatoms. The number of benzene rings is 9. The molecule has 4 nitrogen and oxygen atoms in total. The third-order valence-electron chi connectivity index (χ3n) is 10.2. The molecule has 0 N–H and O–H groups in total. The molecule has 0 atom stereocenters. The van der Waals surface area contributed by atoms with Crippen LogP contribution in [0.25, 0.3) is 104 Å². The topological polar surface area (TPSA) is 43.6 Å². The summed E-state index contributed by atoms with van der Waals surface area (Å²) in [5.74, 6) is 1.90. The molecule has 0 spiro atoms. The third kappa shape index (κ3) is 3.77. The van der Waals surface area contributed by atoms with Crippen LogP contribution in [0.2, 0.25) is 0 Å². The lowest BCUT2D eigenvalue weighted by Crippen LogP contribution is -2.06. The molecule has 0 saturated heterocycles. The molecular weight excluding hydrogens is 597 g/mol. The minimum Gasteiger partial charge on any atom is -0.278 e. The Morgan fingerprint density at radius 1 is 0.327 bits per heavy atom. The molecule has 2 heterocycles. The van der Waals surface area contributed by atoms with Crippen molar-refractivity contribution in [1.82, 2.24) is 19.5 Å². The second kappa shape index (κ2) is 9.93. The Hall–Kier alpha value is -6.65. The van der Waals surface area contributed by atoms with Crippen molar-refractivity contribution in [3.05, 3.63) is 158 Å². The molecule has 0 aliphatic rings. The number of rotatable bonds is 3. The monoisotopic (exact) mass is 622 g/mol. The van der Waals surface area contributed by atoms with Crippen LogP contribution in [0.4, 0.5) is 0 Å². The van der Waals surface area contributed by atoms with Crippen LogP contribution < -0.4 is 0 Å². The van der Waals surface area contributed by atoms with Crippen molar-refractivity contribution < 1.29 is 0 Å². The predicted octanol–water partition coefficient (Wildman–Crippen LogP) is 11.5. The van der Waals surface area contributed by atoms with E-state index in [-0.39, 0.29) is 0 Å². The Kier molecular flexibility index (Phi) is 5.35. The maximum Gasteiger partial charge on any atom is 0.238 e. The smallest absolute Gasteiger partial charge is 0.238 e. The number of fused-ring (bicyclic) bond motifs is 6. The summed E-state index contributed by atoms with van der Waals surface area (Å²) in [6.45, 7) is 0. The standard InChI is InChI=1S/C45H26N4/c1-2-14-30-26-38-34-20-10-24-40-42(34)41-33(37(38)25-29(30)13-1)19-9-23-39(41)49(40)45-47-43(35-21-7-15-27-11-3-5-17-31(27)35)46-44(48-45)36-22-8-16-28-12-4-6-18-32(28)36/h1-26H. The largest absolute Gasteiger partial charge is 0.278 e.